The van der Waals surface area contributed by atoms with Gasteiger partial charge in [0.05, 0.1) is 0 Å². The first kappa shape index (κ1) is 14.5. The van der Waals surface area contributed by atoms with E-state index >= 15 is 0 Å². The average Bonchev–Trinajstić information content (AvgIpc) is 2.19. The summed E-state index contributed by atoms with van der Waals surface area (Å²) < 4.78 is 0. The largest absolute Gasteiger partial charge is 0.302 e. The molecule has 1 aliphatic carbocycles. The van der Waals surface area contributed by atoms with Gasteiger partial charge in [-0.05, 0) is 49.8 Å². The minimum atomic E-state index is 0.444. The van der Waals surface area contributed by atoms with Crippen molar-refractivity contribution in [2.24, 2.45) is 11.3 Å². The van der Waals surface area contributed by atoms with Crippen molar-refractivity contribution in [2.75, 3.05) is 20.1 Å². The Morgan fingerprint density at radius 2 is 2.06 bits per heavy atom. The van der Waals surface area contributed by atoms with E-state index in [4.69, 9.17) is 0 Å². The Morgan fingerprint density at radius 3 is 2.53 bits per heavy atom. The Morgan fingerprint density at radius 1 is 1.35 bits per heavy atom. The zero-order valence-electron chi connectivity index (χ0n) is 12.3. The van der Waals surface area contributed by atoms with E-state index < -0.39 is 0 Å². The van der Waals surface area contributed by atoms with Gasteiger partial charge in [0.2, 0.25) is 0 Å². The van der Waals surface area contributed by atoms with E-state index in [9.17, 15) is 0 Å². The number of allylic oxidation sites excluding steroid dienone is 2. The third-order valence-corrected chi connectivity index (χ3v) is 3.20. The van der Waals surface area contributed by atoms with Crippen LogP contribution >= 0.6 is 0 Å². The molecular weight excluding hydrogens is 206 g/mol. The van der Waals surface area contributed by atoms with Gasteiger partial charge >= 0.3 is 0 Å². The molecule has 0 aromatic rings. The third-order valence-electron chi connectivity index (χ3n) is 3.20. The van der Waals surface area contributed by atoms with E-state index in [-0.39, 0.29) is 0 Å². The fourth-order valence-electron chi connectivity index (χ4n) is 2.54. The predicted molar refractivity (Wildman–Crippen MR) is 77.2 cm³/mol. The lowest BCUT2D eigenvalue weighted by molar-refractivity contribution is 0.323. The van der Waals surface area contributed by atoms with Gasteiger partial charge in [-0.1, -0.05) is 45.9 Å². The van der Waals surface area contributed by atoms with Crippen molar-refractivity contribution >= 4 is 0 Å². The maximum absolute atomic E-state index is 2.43. The van der Waals surface area contributed by atoms with Gasteiger partial charge in [0, 0.05) is 6.54 Å². The molecule has 1 nitrogen and oxygen atoms in total. The monoisotopic (exact) mass is 235 g/mol. The molecule has 0 amide bonds. The van der Waals surface area contributed by atoms with Gasteiger partial charge in [0.25, 0.3) is 0 Å². The van der Waals surface area contributed by atoms with Crippen molar-refractivity contribution < 1.29 is 0 Å². The minimum absolute atomic E-state index is 0.444. The van der Waals surface area contributed by atoms with E-state index in [1.54, 1.807) is 0 Å². The minimum Gasteiger partial charge on any atom is -0.302 e. The number of hydrogen-bond acceptors (Lipinski definition) is 1. The highest BCUT2D eigenvalue weighted by Crippen LogP contribution is 2.30. The van der Waals surface area contributed by atoms with Gasteiger partial charge in [0.1, 0.15) is 0 Å². The van der Waals surface area contributed by atoms with Crippen molar-refractivity contribution in [2.45, 2.75) is 47.0 Å². The summed E-state index contributed by atoms with van der Waals surface area (Å²) in [7, 11) is 2.21. The zero-order chi connectivity index (χ0) is 12.9. The lowest BCUT2D eigenvalue weighted by Gasteiger charge is -2.26. The topological polar surface area (TPSA) is 3.24 Å². The summed E-state index contributed by atoms with van der Waals surface area (Å²) in [5, 5.41) is 0. The second-order valence-electron chi connectivity index (χ2n) is 6.64. The molecule has 0 saturated heterocycles. The molecule has 0 aliphatic heterocycles. The third kappa shape index (κ3) is 6.07. The Hall–Kier alpha value is -0.560. The molecule has 0 aromatic carbocycles. The van der Waals surface area contributed by atoms with Crippen LogP contribution in [-0.2, 0) is 0 Å². The average molecular weight is 235 g/mol. The van der Waals surface area contributed by atoms with Crippen molar-refractivity contribution in [3.8, 4) is 0 Å². The summed E-state index contributed by atoms with van der Waals surface area (Å²) in [6.45, 7) is 11.5. The van der Waals surface area contributed by atoms with Crippen LogP contribution in [0.25, 0.3) is 0 Å². The fourth-order valence-corrected chi connectivity index (χ4v) is 2.54. The van der Waals surface area contributed by atoms with Crippen LogP contribution in [0.15, 0.2) is 23.8 Å². The zero-order valence-corrected chi connectivity index (χ0v) is 12.3. The molecule has 17 heavy (non-hydrogen) atoms. The molecule has 1 rings (SSSR count). The summed E-state index contributed by atoms with van der Waals surface area (Å²) in [5.74, 6) is 0.746. The molecule has 0 radical (unpaired) electrons. The Kier molecular flexibility index (Phi) is 5.45. The summed E-state index contributed by atoms with van der Waals surface area (Å²) in [6, 6.07) is 0. The number of rotatable bonds is 5. The van der Waals surface area contributed by atoms with Gasteiger partial charge in [-0.15, -0.1) is 0 Å². The normalized spacial score (nSPS) is 20.8. The molecule has 1 heteroatoms. The molecule has 1 unspecified atom stereocenters. The summed E-state index contributed by atoms with van der Waals surface area (Å²) >= 11 is 0. The molecule has 98 valence electrons. The van der Waals surface area contributed by atoms with E-state index in [1.165, 1.54) is 31.4 Å². The number of likely N-dealkylation sites (N-methyl/N-ethyl adjacent to an activating group) is 1. The van der Waals surface area contributed by atoms with Crippen LogP contribution in [0.5, 0.6) is 0 Å². The molecule has 0 N–H and O–H groups in total. The van der Waals surface area contributed by atoms with Crippen LogP contribution in [0.1, 0.15) is 47.0 Å². The van der Waals surface area contributed by atoms with Gasteiger partial charge in [-0.25, -0.2) is 0 Å². The second kappa shape index (κ2) is 6.39. The van der Waals surface area contributed by atoms with Crippen LogP contribution in [-0.4, -0.2) is 25.0 Å². The van der Waals surface area contributed by atoms with Crippen molar-refractivity contribution in [1.29, 1.82) is 0 Å². The molecule has 0 heterocycles. The molecule has 0 saturated carbocycles. The predicted octanol–water partition coefficient (Wildman–Crippen LogP) is 4.27. The number of nitrogens with zero attached hydrogens (tertiary/aromatic N) is 1. The standard InChI is InChI=1S/C16H29N/c1-6-11-17(5)13-15-9-7-14(8-10-15)12-16(2,3)4/h7,9-10,14H,6,8,11-13H2,1-5H3. The van der Waals surface area contributed by atoms with Crippen LogP contribution in [0.3, 0.4) is 0 Å². The molecular formula is C16H29N. The highest BCUT2D eigenvalue weighted by atomic mass is 15.1. The highest BCUT2D eigenvalue weighted by molar-refractivity contribution is 5.25. The molecule has 0 spiro atoms. The number of hydrogen-bond donors (Lipinski definition) is 0. The lowest BCUT2D eigenvalue weighted by Crippen LogP contribution is -2.22. The fraction of sp³-hybridized carbons (Fsp3) is 0.750. The maximum Gasteiger partial charge on any atom is 0.0227 e. The first-order valence-electron chi connectivity index (χ1n) is 6.96. The highest BCUT2D eigenvalue weighted by Gasteiger charge is 2.17. The van der Waals surface area contributed by atoms with Crippen molar-refractivity contribution in [1.82, 2.24) is 4.90 Å². The van der Waals surface area contributed by atoms with Gasteiger partial charge in [-0.2, -0.15) is 0 Å². The Balaban J connectivity index is 2.38. The SMILES string of the molecule is CCCN(C)CC1=CCC(CC(C)(C)C)C=C1. The van der Waals surface area contributed by atoms with E-state index in [0.29, 0.717) is 5.41 Å². The van der Waals surface area contributed by atoms with Gasteiger partial charge in [-0.3, -0.25) is 0 Å². The van der Waals surface area contributed by atoms with Crippen LogP contribution in [0, 0.1) is 11.3 Å². The van der Waals surface area contributed by atoms with Crippen molar-refractivity contribution in [3.05, 3.63) is 23.8 Å². The second-order valence-corrected chi connectivity index (χ2v) is 6.64. The van der Waals surface area contributed by atoms with Crippen LogP contribution in [0.2, 0.25) is 0 Å². The quantitative estimate of drug-likeness (QED) is 0.688. The van der Waals surface area contributed by atoms with E-state index in [1.807, 2.05) is 0 Å². The van der Waals surface area contributed by atoms with E-state index in [0.717, 1.165) is 12.5 Å². The Bertz CT molecular complexity index is 280. The van der Waals surface area contributed by atoms with Gasteiger partial charge < -0.3 is 4.90 Å². The lowest BCUT2D eigenvalue weighted by atomic mass is 9.81. The first-order chi connectivity index (χ1) is 7.90. The Labute approximate surface area is 108 Å². The smallest absolute Gasteiger partial charge is 0.0227 e. The first-order valence-corrected chi connectivity index (χ1v) is 6.96. The molecule has 1 aliphatic rings. The van der Waals surface area contributed by atoms with E-state index in [2.05, 4.69) is 57.9 Å². The van der Waals surface area contributed by atoms with Gasteiger partial charge in [0.15, 0.2) is 0 Å². The molecule has 0 fully saturated rings. The van der Waals surface area contributed by atoms with Crippen molar-refractivity contribution in [3.63, 3.8) is 0 Å². The van der Waals surface area contributed by atoms with Crippen LogP contribution < -0.4 is 0 Å². The maximum atomic E-state index is 2.43. The molecule has 0 bridgehead atoms. The van der Waals surface area contributed by atoms with Crippen LogP contribution in [0.4, 0.5) is 0 Å². The summed E-state index contributed by atoms with van der Waals surface area (Å²) in [6.07, 6.45) is 10.9. The summed E-state index contributed by atoms with van der Waals surface area (Å²) in [4.78, 5) is 2.40. The summed E-state index contributed by atoms with van der Waals surface area (Å²) in [5.41, 5.74) is 1.94. The molecule has 0 aromatic heterocycles. The molecule has 1 atom stereocenters.